The summed E-state index contributed by atoms with van der Waals surface area (Å²) in [5, 5.41) is 8.48. The maximum Gasteiger partial charge on any atom is 0.421 e. The van der Waals surface area contributed by atoms with E-state index in [2.05, 4.69) is 15.1 Å². The van der Waals surface area contributed by atoms with Crippen LogP contribution in [0.1, 0.15) is 0 Å². The minimum Gasteiger partial charge on any atom is -0.378 e. The van der Waals surface area contributed by atoms with Gasteiger partial charge < -0.3 is 4.90 Å². The molecular formula is C13H19ClN5+. The average Bonchev–Trinajstić information content (AvgIpc) is 2.67. The fraction of sp³-hybridized carbons (Fsp3) is 0.308. The highest BCUT2D eigenvalue weighted by atomic mass is 35.5. The Morgan fingerprint density at radius 2 is 1.74 bits per heavy atom. The number of hydrogen-bond acceptors (Lipinski definition) is 3. The molecule has 0 bridgehead atoms. The van der Waals surface area contributed by atoms with E-state index in [1.54, 1.807) is 0 Å². The molecular weight excluding hydrogens is 262 g/mol. The third-order valence-electron chi connectivity index (χ3n) is 2.77. The van der Waals surface area contributed by atoms with Gasteiger partial charge in [0.25, 0.3) is 0 Å². The van der Waals surface area contributed by atoms with Crippen LogP contribution in [0.5, 0.6) is 0 Å². The van der Waals surface area contributed by atoms with Crippen LogP contribution in [0, 0.1) is 0 Å². The summed E-state index contributed by atoms with van der Waals surface area (Å²) in [6.07, 6.45) is 3.90. The van der Waals surface area contributed by atoms with Crippen molar-refractivity contribution in [3.05, 3.63) is 36.7 Å². The summed E-state index contributed by atoms with van der Waals surface area (Å²) in [7, 11) is 7.92. The molecule has 0 spiro atoms. The number of halogens is 1. The molecule has 0 atom stereocenters. The van der Waals surface area contributed by atoms with Crippen molar-refractivity contribution in [2.45, 2.75) is 0 Å². The summed E-state index contributed by atoms with van der Waals surface area (Å²) in [5.41, 5.74) is 2.00. The summed E-state index contributed by atoms with van der Waals surface area (Å²) in [6.45, 7) is 0. The van der Waals surface area contributed by atoms with Crippen LogP contribution in [0.4, 0.5) is 17.3 Å². The Balaban J connectivity index is 0.00000180. The van der Waals surface area contributed by atoms with E-state index >= 15 is 0 Å². The van der Waals surface area contributed by atoms with Gasteiger partial charge in [0.2, 0.25) is 0 Å². The Hall–Kier alpha value is -1.88. The minimum absolute atomic E-state index is 0. The SMILES string of the molecule is CN(C)c1ccc(N=Nc2n(C)cc[n+]2C)cc1.Cl. The number of azo groups is 1. The van der Waals surface area contributed by atoms with Crippen molar-refractivity contribution in [1.29, 1.82) is 0 Å². The third kappa shape index (κ3) is 3.54. The second-order valence-electron chi connectivity index (χ2n) is 4.43. The van der Waals surface area contributed by atoms with Crippen molar-refractivity contribution in [2.75, 3.05) is 19.0 Å². The molecule has 1 heterocycles. The van der Waals surface area contributed by atoms with Gasteiger partial charge in [0.1, 0.15) is 5.69 Å². The van der Waals surface area contributed by atoms with E-state index in [1.165, 1.54) is 0 Å². The zero-order valence-electron chi connectivity index (χ0n) is 11.6. The first-order valence-electron chi connectivity index (χ1n) is 5.78. The number of imidazole rings is 1. The molecule has 0 saturated carbocycles. The van der Waals surface area contributed by atoms with Crippen molar-refractivity contribution in [1.82, 2.24) is 4.57 Å². The minimum atomic E-state index is 0. The molecule has 0 saturated heterocycles. The normalized spacial score (nSPS) is 10.5. The van der Waals surface area contributed by atoms with E-state index in [0.717, 1.165) is 17.3 Å². The molecule has 1 aromatic carbocycles. The van der Waals surface area contributed by atoms with Gasteiger partial charge in [-0.3, -0.25) is 0 Å². The molecule has 2 rings (SSSR count). The second-order valence-corrected chi connectivity index (χ2v) is 4.43. The first-order valence-corrected chi connectivity index (χ1v) is 5.78. The zero-order chi connectivity index (χ0) is 13.1. The molecule has 0 aliphatic carbocycles. The van der Waals surface area contributed by atoms with E-state index in [4.69, 9.17) is 0 Å². The molecule has 0 fully saturated rings. The predicted molar refractivity (Wildman–Crippen MR) is 78.8 cm³/mol. The smallest absolute Gasteiger partial charge is 0.378 e. The largest absolute Gasteiger partial charge is 0.421 e. The molecule has 102 valence electrons. The summed E-state index contributed by atoms with van der Waals surface area (Å²) < 4.78 is 3.86. The number of rotatable bonds is 3. The quantitative estimate of drug-likeness (QED) is 0.629. The number of anilines is 1. The van der Waals surface area contributed by atoms with Crippen LogP contribution < -0.4 is 9.47 Å². The molecule has 5 nitrogen and oxygen atoms in total. The topological polar surface area (TPSA) is 36.8 Å². The van der Waals surface area contributed by atoms with Crippen molar-refractivity contribution >= 4 is 29.7 Å². The monoisotopic (exact) mass is 280 g/mol. The Labute approximate surface area is 119 Å². The number of aryl methyl sites for hydroxylation is 2. The number of aromatic nitrogens is 2. The van der Waals surface area contributed by atoms with Crippen molar-refractivity contribution in [2.24, 2.45) is 24.3 Å². The Morgan fingerprint density at radius 3 is 2.21 bits per heavy atom. The van der Waals surface area contributed by atoms with Gasteiger partial charge >= 0.3 is 5.95 Å². The van der Waals surface area contributed by atoms with Crippen LogP contribution in [0.3, 0.4) is 0 Å². The van der Waals surface area contributed by atoms with Crippen LogP contribution in [0.2, 0.25) is 0 Å². The molecule has 6 heteroatoms. The fourth-order valence-electron chi connectivity index (χ4n) is 1.64. The first-order chi connectivity index (χ1) is 8.58. The van der Waals surface area contributed by atoms with Gasteiger partial charge in [-0.05, 0) is 24.3 Å². The highest BCUT2D eigenvalue weighted by molar-refractivity contribution is 5.85. The van der Waals surface area contributed by atoms with Gasteiger partial charge in [0.05, 0.1) is 26.5 Å². The maximum absolute atomic E-state index is 4.25. The first kappa shape index (κ1) is 15.2. The lowest BCUT2D eigenvalue weighted by atomic mass is 10.3. The third-order valence-corrected chi connectivity index (χ3v) is 2.77. The molecule has 0 amide bonds. The van der Waals surface area contributed by atoms with Crippen LogP contribution in [-0.2, 0) is 14.1 Å². The Kier molecular flexibility index (Phi) is 5.06. The molecule has 0 unspecified atom stereocenters. The molecule has 0 aliphatic heterocycles. The van der Waals surface area contributed by atoms with Crippen LogP contribution >= 0.6 is 12.4 Å². The standard InChI is InChI=1S/C13H18N5.ClH/c1-16(2)12-7-5-11(6-8-12)14-15-13-17(3)9-10-18(13)4;/h5-10H,1-4H3;1H/q+1;. The maximum atomic E-state index is 4.25. The van der Waals surface area contributed by atoms with Crippen LogP contribution in [-0.4, -0.2) is 18.7 Å². The number of hydrogen-bond donors (Lipinski definition) is 0. The lowest BCUT2D eigenvalue weighted by Crippen LogP contribution is -2.25. The van der Waals surface area contributed by atoms with Crippen molar-refractivity contribution in [3.63, 3.8) is 0 Å². The summed E-state index contributed by atoms with van der Waals surface area (Å²) >= 11 is 0. The highest BCUT2D eigenvalue weighted by Crippen LogP contribution is 2.19. The number of benzene rings is 1. The average molecular weight is 281 g/mol. The van der Waals surface area contributed by atoms with E-state index < -0.39 is 0 Å². The lowest BCUT2D eigenvalue weighted by molar-refractivity contribution is -0.657. The lowest BCUT2D eigenvalue weighted by Gasteiger charge is -2.11. The van der Waals surface area contributed by atoms with Crippen molar-refractivity contribution < 1.29 is 4.57 Å². The van der Waals surface area contributed by atoms with Crippen LogP contribution in [0.15, 0.2) is 46.9 Å². The molecule has 19 heavy (non-hydrogen) atoms. The van der Waals surface area contributed by atoms with Crippen molar-refractivity contribution in [3.8, 4) is 0 Å². The van der Waals surface area contributed by atoms with E-state index in [-0.39, 0.29) is 12.4 Å². The van der Waals surface area contributed by atoms with Gasteiger partial charge in [0, 0.05) is 24.9 Å². The number of nitrogens with zero attached hydrogens (tertiary/aromatic N) is 5. The molecule has 0 N–H and O–H groups in total. The van der Waals surface area contributed by atoms with E-state index in [9.17, 15) is 0 Å². The predicted octanol–water partition coefficient (Wildman–Crippen LogP) is 2.75. The van der Waals surface area contributed by atoms with Gasteiger partial charge in [0.15, 0.2) is 0 Å². The van der Waals surface area contributed by atoms with E-state index in [1.807, 2.05) is 74.0 Å². The van der Waals surface area contributed by atoms with Gasteiger partial charge in [-0.25, -0.2) is 9.13 Å². The van der Waals surface area contributed by atoms with Crippen LogP contribution in [0.25, 0.3) is 0 Å². The molecule has 1 aromatic heterocycles. The summed E-state index contributed by atoms with van der Waals surface area (Å²) in [6, 6.07) is 7.97. The molecule has 0 radical (unpaired) electrons. The summed E-state index contributed by atoms with van der Waals surface area (Å²) in [5.74, 6) is 0.812. The summed E-state index contributed by atoms with van der Waals surface area (Å²) in [4.78, 5) is 2.05. The molecule has 0 aliphatic rings. The Bertz CT molecular complexity index is 537. The fourth-order valence-corrected chi connectivity index (χ4v) is 1.64. The Morgan fingerprint density at radius 1 is 1.11 bits per heavy atom. The van der Waals surface area contributed by atoms with Gasteiger partial charge in [-0.2, -0.15) is 0 Å². The van der Waals surface area contributed by atoms with Gasteiger partial charge in [-0.15, -0.1) is 12.4 Å². The second kappa shape index (κ2) is 6.33. The molecule has 2 aromatic rings. The zero-order valence-corrected chi connectivity index (χ0v) is 12.4. The van der Waals surface area contributed by atoms with Gasteiger partial charge in [-0.1, -0.05) is 5.11 Å². The van der Waals surface area contributed by atoms with E-state index in [0.29, 0.717) is 0 Å². The highest BCUT2D eigenvalue weighted by Gasteiger charge is 2.10.